The van der Waals surface area contributed by atoms with Crippen LogP contribution in [0.15, 0.2) is 0 Å². The van der Waals surface area contributed by atoms with Crippen LogP contribution in [-0.2, 0) is 14.3 Å². The highest BCUT2D eigenvalue weighted by molar-refractivity contribution is 5.86. The summed E-state index contributed by atoms with van der Waals surface area (Å²) in [5.41, 5.74) is -1.80. The molecule has 1 fully saturated rings. The zero-order valence-electron chi connectivity index (χ0n) is 11.8. The molecule has 0 aromatic carbocycles. The second-order valence-electron chi connectivity index (χ2n) is 5.84. The second-order valence-corrected chi connectivity index (χ2v) is 5.84. The van der Waals surface area contributed by atoms with Gasteiger partial charge in [0.2, 0.25) is 5.91 Å². The molecule has 0 aromatic heterocycles. The van der Waals surface area contributed by atoms with Crippen LogP contribution >= 0.6 is 0 Å². The lowest BCUT2D eigenvalue weighted by atomic mass is 9.85. The SMILES string of the molecule is COC(C)(C)CC(C)(C(=O)O)N(C(C)=O)C1CC1. The number of ether oxygens (including phenoxy) is 1. The smallest absolute Gasteiger partial charge is 0.329 e. The Morgan fingerprint density at radius 3 is 2.11 bits per heavy atom. The Kier molecular flexibility index (Phi) is 4.05. The van der Waals surface area contributed by atoms with E-state index in [0.717, 1.165) is 12.8 Å². The molecule has 1 saturated carbocycles. The number of aliphatic carboxylic acids is 1. The first-order chi connectivity index (χ1) is 8.14. The number of hydrogen-bond donors (Lipinski definition) is 1. The minimum absolute atomic E-state index is 0.0660. The highest BCUT2D eigenvalue weighted by atomic mass is 16.5. The van der Waals surface area contributed by atoms with Crippen molar-refractivity contribution in [2.75, 3.05) is 7.11 Å². The quantitative estimate of drug-likeness (QED) is 0.785. The molecule has 1 N–H and O–H groups in total. The van der Waals surface area contributed by atoms with Gasteiger partial charge in [-0.2, -0.15) is 0 Å². The zero-order chi connectivity index (χ0) is 14.1. The van der Waals surface area contributed by atoms with E-state index in [2.05, 4.69) is 0 Å². The van der Waals surface area contributed by atoms with Gasteiger partial charge in [-0.3, -0.25) is 4.79 Å². The zero-order valence-corrected chi connectivity index (χ0v) is 11.8. The van der Waals surface area contributed by atoms with Crippen LogP contribution in [0, 0.1) is 0 Å². The van der Waals surface area contributed by atoms with Gasteiger partial charge < -0.3 is 14.7 Å². The Labute approximate surface area is 108 Å². The fourth-order valence-electron chi connectivity index (χ4n) is 2.51. The van der Waals surface area contributed by atoms with Crippen molar-refractivity contribution >= 4 is 11.9 Å². The van der Waals surface area contributed by atoms with Crippen molar-refractivity contribution in [3.8, 4) is 0 Å². The molecule has 0 heterocycles. The fraction of sp³-hybridized carbons (Fsp3) is 0.846. The summed E-state index contributed by atoms with van der Waals surface area (Å²) < 4.78 is 5.31. The first-order valence-electron chi connectivity index (χ1n) is 6.22. The third-order valence-electron chi connectivity index (χ3n) is 3.57. The Bertz CT molecular complexity index is 349. The average molecular weight is 257 g/mol. The highest BCUT2D eigenvalue weighted by Crippen LogP contribution is 2.37. The van der Waals surface area contributed by atoms with Gasteiger partial charge in [0.05, 0.1) is 5.60 Å². The lowest BCUT2D eigenvalue weighted by Crippen LogP contribution is -2.58. The molecule has 5 nitrogen and oxygen atoms in total. The van der Waals surface area contributed by atoms with E-state index < -0.39 is 17.1 Å². The number of carboxylic acids is 1. The van der Waals surface area contributed by atoms with E-state index in [1.165, 1.54) is 11.8 Å². The maximum absolute atomic E-state index is 11.8. The molecule has 0 saturated heterocycles. The second kappa shape index (κ2) is 4.88. The maximum Gasteiger partial charge on any atom is 0.329 e. The van der Waals surface area contributed by atoms with E-state index in [1.807, 2.05) is 13.8 Å². The van der Waals surface area contributed by atoms with Gasteiger partial charge in [-0.25, -0.2) is 4.79 Å². The molecular formula is C13H23NO4. The van der Waals surface area contributed by atoms with Crippen LogP contribution in [0.2, 0.25) is 0 Å². The van der Waals surface area contributed by atoms with E-state index >= 15 is 0 Å². The van der Waals surface area contributed by atoms with Crippen molar-refractivity contribution < 1.29 is 19.4 Å². The van der Waals surface area contributed by atoms with Gasteiger partial charge in [0.15, 0.2) is 0 Å². The fourth-order valence-corrected chi connectivity index (χ4v) is 2.51. The van der Waals surface area contributed by atoms with Crippen molar-refractivity contribution in [2.24, 2.45) is 0 Å². The van der Waals surface area contributed by atoms with Crippen LogP contribution in [0.3, 0.4) is 0 Å². The highest BCUT2D eigenvalue weighted by Gasteiger charge is 2.50. The summed E-state index contributed by atoms with van der Waals surface area (Å²) in [7, 11) is 1.55. The van der Waals surface area contributed by atoms with Gasteiger partial charge in [0.25, 0.3) is 0 Å². The minimum Gasteiger partial charge on any atom is -0.480 e. The van der Waals surface area contributed by atoms with Gasteiger partial charge in [-0.05, 0) is 33.6 Å². The largest absolute Gasteiger partial charge is 0.480 e. The molecule has 1 rings (SSSR count). The summed E-state index contributed by atoms with van der Waals surface area (Å²) >= 11 is 0. The number of nitrogens with zero attached hydrogens (tertiary/aromatic N) is 1. The van der Waals surface area contributed by atoms with Crippen molar-refractivity contribution in [1.82, 2.24) is 4.90 Å². The predicted octanol–water partition coefficient (Wildman–Crippen LogP) is 1.66. The van der Waals surface area contributed by atoms with Gasteiger partial charge in [0, 0.05) is 26.5 Å². The standard InChI is InChI=1S/C13H23NO4/c1-9(15)14(10-6-7-10)13(4,11(16)17)8-12(2,3)18-5/h10H,6-8H2,1-5H3,(H,16,17). The van der Waals surface area contributed by atoms with E-state index in [-0.39, 0.29) is 18.4 Å². The first-order valence-corrected chi connectivity index (χ1v) is 6.22. The molecule has 1 aliphatic carbocycles. The number of amides is 1. The molecule has 0 radical (unpaired) electrons. The van der Waals surface area contributed by atoms with Crippen molar-refractivity contribution in [3.63, 3.8) is 0 Å². The Morgan fingerprint density at radius 1 is 1.33 bits per heavy atom. The van der Waals surface area contributed by atoms with E-state index in [4.69, 9.17) is 4.74 Å². The third-order valence-corrected chi connectivity index (χ3v) is 3.57. The Morgan fingerprint density at radius 2 is 1.83 bits per heavy atom. The van der Waals surface area contributed by atoms with Crippen molar-refractivity contribution in [3.05, 3.63) is 0 Å². The number of methoxy groups -OCH3 is 1. The van der Waals surface area contributed by atoms with E-state index in [9.17, 15) is 14.7 Å². The summed E-state index contributed by atoms with van der Waals surface area (Å²) in [4.78, 5) is 24.9. The predicted molar refractivity (Wildman–Crippen MR) is 67.3 cm³/mol. The number of carboxylic acid groups (broad SMARTS) is 1. The molecule has 0 bridgehead atoms. The van der Waals surface area contributed by atoms with Gasteiger partial charge in [0.1, 0.15) is 5.54 Å². The van der Waals surface area contributed by atoms with Gasteiger partial charge in [-0.1, -0.05) is 0 Å². The number of carbonyl (C=O) groups is 2. The topological polar surface area (TPSA) is 66.8 Å². The number of carbonyl (C=O) groups excluding carboxylic acids is 1. The van der Waals surface area contributed by atoms with Crippen LogP contribution in [-0.4, -0.2) is 46.2 Å². The summed E-state index contributed by atoms with van der Waals surface area (Å²) in [5, 5.41) is 9.54. The molecule has 0 spiro atoms. The molecule has 18 heavy (non-hydrogen) atoms. The summed E-state index contributed by atoms with van der Waals surface area (Å²) in [5.74, 6) is -1.16. The lowest BCUT2D eigenvalue weighted by molar-refractivity contribution is -0.163. The monoisotopic (exact) mass is 257 g/mol. The van der Waals surface area contributed by atoms with Gasteiger partial charge in [-0.15, -0.1) is 0 Å². The van der Waals surface area contributed by atoms with Crippen LogP contribution in [0.1, 0.15) is 47.0 Å². The molecule has 0 aromatic rings. The summed E-state index contributed by atoms with van der Waals surface area (Å²) in [6, 6.07) is 0.0660. The van der Waals surface area contributed by atoms with E-state index in [1.54, 1.807) is 14.0 Å². The summed E-state index contributed by atoms with van der Waals surface area (Å²) in [6.45, 7) is 6.70. The van der Waals surface area contributed by atoms with Crippen LogP contribution < -0.4 is 0 Å². The molecule has 1 aliphatic rings. The van der Waals surface area contributed by atoms with Gasteiger partial charge >= 0.3 is 5.97 Å². The van der Waals surface area contributed by atoms with Crippen LogP contribution in [0.5, 0.6) is 0 Å². The molecule has 0 aliphatic heterocycles. The maximum atomic E-state index is 11.8. The lowest BCUT2D eigenvalue weighted by Gasteiger charge is -2.42. The molecular weight excluding hydrogens is 234 g/mol. The molecule has 1 unspecified atom stereocenters. The minimum atomic E-state index is -1.22. The molecule has 1 atom stereocenters. The number of rotatable bonds is 6. The third kappa shape index (κ3) is 3.02. The van der Waals surface area contributed by atoms with Crippen LogP contribution in [0.25, 0.3) is 0 Å². The average Bonchev–Trinajstić information content (AvgIpc) is 3.00. The molecule has 5 heteroatoms. The normalized spacial score (nSPS) is 19.2. The van der Waals surface area contributed by atoms with Crippen LogP contribution in [0.4, 0.5) is 0 Å². The number of hydrogen-bond acceptors (Lipinski definition) is 3. The summed E-state index contributed by atoms with van der Waals surface area (Å²) in [6.07, 6.45) is 2.04. The van der Waals surface area contributed by atoms with Crippen molar-refractivity contribution in [2.45, 2.75) is 64.1 Å². The molecule has 1 amide bonds. The Balaban J connectivity index is 3.05. The van der Waals surface area contributed by atoms with E-state index in [0.29, 0.717) is 0 Å². The first kappa shape index (κ1) is 15.0. The Hall–Kier alpha value is -1.10. The van der Waals surface area contributed by atoms with Crippen molar-refractivity contribution in [1.29, 1.82) is 0 Å². The molecule has 104 valence electrons.